The van der Waals surface area contributed by atoms with Gasteiger partial charge in [0.1, 0.15) is 0 Å². The van der Waals surface area contributed by atoms with Gasteiger partial charge in [0.15, 0.2) is 0 Å². The third-order valence-corrected chi connectivity index (χ3v) is 2.27. The molecule has 5 nitrogen and oxygen atoms in total. The maximum Gasteiger partial charge on any atom is 0.401 e. The van der Waals surface area contributed by atoms with Crippen molar-refractivity contribution in [2.75, 3.05) is 0 Å². The van der Waals surface area contributed by atoms with E-state index in [0.717, 1.165) is 0 Å². The third-order valence-electron chi connectivity index (χ3n) is 1.85. The molecule has 0 atom stereocenters. The average Bonchev–Trinajstić information content (AvgIpc) is 2.28. The molecule has 1 heterocycles. The first-order chi connectivity index (χ1) is 6.25. The van der Waals surface area contributed by atoms with Gasteiger partial charge in [-0.15, -0.1) is 0 Å². The molecule has 1 aromatic rings. The Labute approximate surface area is 86.9 Å². The van der Waals surface area contributed by atoms with E-state index in [0.29, 0.717) is 5.82 Å². The molecule has 0 radical (unpaired) electrons. The lowest BCUT2D eigenvalue weighted by atomic mass is 9.96. The summed E-state index contributed by atoms with van der Waals surface area (Å²) in [5.74, 6) is 0.327. The van der Waals surface area contributed by atoms with Crippen molar-refractivity contribution in [3.63, 3.8) is 0 Å². The summed E-state index contributed by atoms with van der Waals surface area (Å²) in [5, 5.41) is 10.6. The molecule has 1 aromatic heterocycles. The molecule has 14 heavy (non-hydrogen) atoms. The number of hydrogen-bond acceptors (Lipinski definition) is 3. The summed E-state index contributed by atoms with van der Waals surface area (Å²) in [4.78, 5) is 13.9. The van der Waals surface area contributed by atoms with Crippen LogP contribution < -0.4 is 0 Å². The van der Waals surface area contributed by atoms with E-state index < -0.39 is 4.92 Å². The van der Waals surface area contributed by atoms with Gasteiger partial charge < -0.3 is 10.1 Å². The summed E-state index contributed by atoms with van der Waals surface area (Å²) >= 11 is 5.77. The second-order valence-electron chi connectivity index (χ2n) is 4.12. The highest BCUT2D eigenvalue weighted by Crippen LogP contribution is 2.30. The van der Waals surface area contributed by atoms with Gasteiger partial charge in [0.2, 0.25) is 11.0 Å². The van der Waals surface area contributed by atoms with E-state index >= 15 is 0 Å². The number of halogens is 1. The van der Waals surface area contributed by atoms with Crippen LogP contribution in [0.25, 0.3) is 0 Å². The predicted octanol–water partition coefficient (Wildman–Crippen LogP) is 2.28. The molecular weight excluding hydrogens is 206 g/mol. The number of rotatable bonds is 1. The third kappa shape index (κ3) is 1.72. The average molecular weight is 218 g/mol. The first-order valence-electron chi connectivity index (χ1n) is 4.12. The molecule has 0 bridgehead atoms. The quantitative estimate of drug-likeness (QED) is 0.536. The van der Waals surface area contributed by atoms with E-state index in [1.165, 1.54) is 0 Å². The van der Waals surface area contributed by atoms with E-state index in [-0.39, 0.29) is 16.4 Å². The van der Waals surface area contributed by atoms with E-state index in [9.17, 15) is 10.1 Å². The lowest BCUT2D eigenvalue weighted by Gasteiger charge is -2.13. The van der Waals surface area contributed by atoms with Crippen molar-refractivity contribution in [3.05, 3.63) is 21.1 Å². The Morgan fingerprint density at radius 2 is 2.00 bits per heavy atom. The van der Waals surface area contributed by atoms with Crippen molar-refractivity contribution in [1.82, 2.24) is 9.55 Å². The van der Waals surface area contributed by atoms with E-state index in [1.54, 1.807) is 11.6 Å². The van der Waals surface area contributed by atoms with Crippen LogP contribution in [0.1, 0.15) is 26.6 Å². The Morgan fingerprint density at radius 3 is 2.21 bits per heavy atom. The number of hydrogen-bond donors (Lipinski definition) is 0. The summed E-state index contributed by atoms with van der Waals surface area (Å²) in [6.45, 7) is 5.78. The molecule has 0 saturated carbocycles. The fourth-order valence-electron chi connectivity index (χ4n) is 1.25. The van der Waals surface area contributed by atoms with Gasteiger partial charge >= 0.3 is 5.82 Å². The molecule has 0 aromatic carbocycles. The van der Waals surface area contributed by atoms with Crippen molar-refractivity contribution >= 4 is 17.4 Å². The van der Waals surface area contributed by atoms with Crippen molar-refractivity contribution < 1.29 is 4.92 Å². The molecule has 0 N–H and O–H groups in total. The SMILES string of the molecule is Cn1c(C(C)(C)C)nc([N+](=O)[O-])c1Cl. The van der Waals surface area contributed by atoms with Gasteiger partial charge in [0.05, 0.1) is 0 Å². The summed E-state index contributed by atoms with van der Waals surface area (Å²) in [6, 6.07) is 0. The fraction of sp³-hybridized carbons (Fsp3) is 0.625. The standard InChI is InChI=1S/C8H12ClN3O2/c1-8(2,3)7-10-6(12(13)14)5(9)11(7)4/h1-4H3. The number of nitro groups is 1. The zero-order valence-electron chi connectivity index (χ0n) is 8.54. The fourth-order valence-corrected chi connectivity index (χ4v) is 1.44. The Bertz CT molecular complexity index is 379. The van der Waals surface area contributed by atoms with Gasteiger partial charge in [-0.2, -0.15) is 0 Å². The van der Waals surface area contributed by atoms with Crippen molar-refractivity contribution in [2.24, 2.45) is 7.05 Å². The van der Waals surface area contributed by atoms with Gasteiger partial charge in [0, 0.05) is 12.5 Å². The highest BCUT2D eigenvalue weighted by molar-refractivity contribution is 6.31. The molecular formula is C8H12ClN3O2. The van der Waals surface area contributed by atoms with Crippen LogP contribution in [-0.2, 0) is 12.5 Å². The van der Waals surface area contributed by atoms with Crippen LogP contribution in [0, 0.1) is 10.1 Å². The van der Waals surface area contributed by atoms with E-state index in [2.05, 4.69) is 4.98 Å². The zero-order chi connectivity index (χ0) is 11.1. The van der Waals surface area contributed by atoms with Crippen molar-refractivity contribution in [1.29, 1.82) is 0 Å². The van der Waals surface area contributed by atoms with Gasteiger partial charge in [-0.1, -0.05) is 32.4 Å². The highest BCUT2D eigenvalue weighted by atomic mass is 35.5. The second-order valence-corrected chi connectivity index (χ2v) is 4.47. The Morgan fingerprint density at radius 1 is 1.50 bits per heavy atom. The zero-order valence-corrected chi connectivity index (χ0v) is 9.29. The lowest BCUT2D eigenvalue weighted by Crippen LogP contribution is -2.17. The number of imidazole rings is 1. The van der Waals surface area contributed by atoms with E-state index in [4.69, 9.17) is 11.6 Å². The monoisotopic (exact) mass is 217 g/mol. The normalized spacial score (nSPS) is 11.8. The molecule has 0 unspecified atom stereocenters. The largest absolute Gasteiger partial charge is 0.401 e. The summed E-state index contributed by atoms with van der Waals surface area (Å²) in [7, 11) is 1.67. The molecule has 78 valence electrons. The molecule has 6 heteroatoms. The smallest absolute Gasteiger partial charge is 0.358 e. The maximum atomic E-state index is 10.6. The summed E-state index contributed by atoms with van der Waals surface area (Å²) < 4.78 is 1.54. The highest BCUT2D eigenvalue weighted by Gasteiger charge is 2.31. The number of nitrogens with zero attached hydrogens (tertiary/aromatic N) is 3. The molecule has 0 aliphatic rings. The molecule has 1 rings (SSSR count). The van der Waals surface area contributed by atoms with Gasteiger partial charge in [-0.25, -0.2) is 0 Å². The van der Waals surface area contributed by atoms with Crippen LogP contribution in [-0.4, -0.2) is 14.5 Å². The first kappa shape index (κ1) is 11.0. The molecule has 0 aliphatic heterocycles. The second kappa shape index (κ2) is 3.24. The van der Waals surface area contributed by atoms with Crippen LogP contribution in [0.2, 0.25) is 5.15 Å². The van der Waals surface area contributed by atoms with Crippen LogP contribution in [0.15, 0.2) is 0 Å². The van der Waals surface area contributed by atoms with Crippen LogP contribution >= 0.6 is 11.6 Å². The summed E-state index contributed by atoms with van der Waals surface area (Å²) in [6.07, 6.45) is 0. The molecule has 0 amide bonds. The summed E-state index contributed by atoms with van der Waals surface area (Å²) in [5.41, 5.74) is -0.257. The van der Waals surface area contributed by atoms with Crippen molar-refractivity contribution in [2.45, 2.75) is 26.2 Å². The van der Waals surface area contributed by atoms with Gasteiger partial charge in [-0.3, -0.25) is 4.57 Å². The van der Waals surface area contributed by atoms with Gasteiger partial charge in [0.25, 0.3) is 0 Å². The molecule has 0 spiro atoms. The molecule has 0 aliphatic carbocycles. The Kier molecular flexibility index (Phi) is 2.54. The van der Waals surface area contributed by atoms with E-state index in [1.807, 2.05) is 20.8 Å². The van der Waals surface area contributed by atoms with Crippen LogP contribution in [0.4, 0.5) is 5.82 Å². The Balaban J connectivity index is 3.37. The van der Waals surface area contributed by atoms with Gasteiger partial charge in [-0.05, 0) is 9.91 Å². The molecule has 0 saturated heterocycles. The minimum absolute atomic E-state index is 0.0694. The lowest BCUT2D eigenvalue weighted by molar-refractivity contribution is -0.389. The van der Waals surface area contributed by atoms with Crippen LogP contribution in [0.5, 0.6) is 0 Å². The minimum atomic E-state index is -0.572. The molecule has 0 fully saturated rings. The van der Waals surface area contributed by atoms with Crippen molar-refractivity contribution in [3.8, 4) is 0 Å². The topological polar surface area (TPSA) is 61.0 Å². The Hall–Kier alpha value is -1.10. The maximum absolute atomic E-state index is 10.6. The van der Waals surface area contributed by atoms with Crippen LogP contribution in [0.3, 0.4) is 0 Å². The number of aromatic nitrogens is 2. The minimum Gasteiger partial charge on any atom is -0.358 e. The first-order valence-corrected chi connectivity index (χ1v) is 4.50. The predicted molar refractivity (Wildman–Crippen MR) is 53.6 cm³/mol.